The van der Waals surface area contributed by atoms with Gasteiger partial charge < -0.3 is 15.5 Å². The van der Waals surface area contributed by atoms with E-state index in [1.807, 2.05) is 12.1 Å². The Kier molecular flexibility index (Phi) is 4.32. The van der Waals surface area contributed by atoms with E-state index in [0.717, 1.165) is 21.7 Å². The van der Waals surface area contributed by atoms with Crippen LogP contribution in [-0.4, -0.2) is 23.3 Å². The molecule has 2 aliphatic carbocycles. The topological polar surface area (TPSA) is 85.2 Å². The number of hydrogen-bond acceptors (Lipinski definition) is 3. The second-order valence-corrected chi connectivity index (χ2v) is 9.09. The van der Waals surface area contributed by atoms with Gasteiger partial charge in [0.2, 0.25) is 5.78 Å². The Bertz CT molecular complexity index is 1390. The molecule has 0 bridgehead atoms. The summed E-state index contributed by atoms with van der Waals surface area (Å²) < 4.78 is 5.84. The molecule has 3 N–H and O–H groups in total. The lowest BCUT2D eigenvalue weighted by molar-refractivity contribution is 0.0914. The van der Waals surface area contributed by atoms with Gasteiger partial charge in [0, 0.05) is 22.7 Å². The summed E-state index contributed by atoms with van der Waals surface area (Å²) in [5.74, 6) is 0.918. The minimum absolute atomic E-state index is 0.143. The minimum Gasteiger partial charge on any atom is -0.485 e. The smallest absolute Gasteiger partial charge is 0.252 e. The maximum atomic E-state index is 12.9. The number of ether oxygens (including phenoxy) is 1. The number of aromatic nitrogens is 1. The summed E-state index contributed by atoms with van der Waals surface area (Å²) in [6, 6.07) is 16.1. The number of benzene rings is 3. The third kappa shape index (κ3) is 3.44. The van der Waals surface area contributed by atoms with Gasteiger partial charge in [-0.3, -0.25) is 9.59 Å². The largest absolute Gasteiger partial charge is 0.485 e. The third-order valence-electron chi connectivity index (χ3n) is 6.69. The highest BCUT2D eigenvalue weighted by atomic mass is 16.5. The average Bonchev–Trinajstić information content (AvgIpc) is 3.72. The fourth-order valence-electron chi connectivity index (χ4n) is 4.54. The van der Waals surface area contributed by atoms with Crippen LogP contribution in [0.3, 0.4) is 0 Å². The van der Waals surface area contributed by atoms with Crippen LogP contribution in [-0.2, 0) is 0 Å². The summed E-state index contributed by atoms with van der Waals surface area (Å²) in [7, 11) is 0. The summed E-state index contributed by atoms with van der Waals surface area (Å²) in [5.41, 5.74) is 10.1. The van der Waals surface area contributed by atoms with Gasteiger partial charge in [-0.15, -0.1) is 0 Å². The van der Waals surface area contributed by atoms with Crippen LogP contribution in [0.25, 0.3) is 21.7 Å². The summed E-state index contributed by atoms with van der Waals surface area (Å²) in [6.45, 7) is -0.163. The van der Waals surface area contributed by atoms with Crippen molar-refractivity contribution in [3.63, 3.8) is 0 Å². The van der Waals surface area contributed by atoms with E-state index in [0.29, 0.717) is 28.7 Å². The first-order chi connectivity index (χ1) is 15.6. The van der Waals surface area contributed by atoms with Gasteiger partial charge in [0.05, 0.1) is 5.56 Å². The lowest BCUT2D eigenvalue weighted by atomic mass is 10.0. The fraction of sp³-hybridized carbons (Fsp3) is 0.259. The Balaban J connectivity index is 1.26. The predicted molar refractivity (Wildman–Crippen MR) is 125 cm³/mol. The molecule has 5 nitrogen and oxygen atoms in total. The number of fused-ring (bicyclic) bond motifs is 2. The van der Waals surface area contributed by atoms with Crippen molar-refractivity contribution in [1.82, 2.24) is 4.98 Å². The number of carbonyl (C=O) groups excluding carboxylic acids is 2. The zero-order valence-corrected chi connectivity index (χ0v) is 17.7. The molecule has 0 saturated heterocycles. The number of nitrogens with two attached hydrogens (primary N) is 1. The van der Waals surface area contributed by atoms with Crippen molar-refractivity contribution in [1.29, 1.82) is 0 Å². The van der Waals surface area contributed by atoms with E-state index >= 15 is 0 Å². The van der Waals surface area contributed by atoms with Crippen LogP contribution in [0, 0.1) is 0 Å². The standard InChI is InChI=1S/C27H24N2O3/c28-27(31)22-10-20-9-17(15-1-2-15)5-6-19(20)12-26(22)32-14-25(30)23-13-29-24-11-18(16-3-4-16)7-8-21(23)24/h5-13,15-16,29H,1-4,14H2,(H2,28,31). The highest BCUT2D eigenvalue weighted by Gasteiger charge is 2.25. The van der Waals surface area contributed by atoms with Crippen molar-refractivity contribution < 1.29 is 14.3 Å². The summed E-state index contributed by atoms with van der Waals surface area (Å²) in [6.07, 6.45) is 6.64. The Labute approximate surface area is 185 Å². The van der Waals surface area contributed by atoms with E-state index in [1.165, 1.54) is 36.8 Å². The maximum Gasteiger partial charge on any atom is 0.252 e. The van der Waals surface area contributed by atoms with Gasteiger partial charge in [-0.2, -0.15) is 0 Å². The van der Waals surface area contributed by atoms with E-state index in [4.69, 9.17) is 10.5 Å². The molecule has 0 atom stereocenters. The maximum absolute atomic E-state index is 12.9. The molecule has 0 aliphatic heterocycles. The second kappa shape index (κ2) is 7.23. The lowest BCUT2D eigenvalue weighted by Gasteiger charge is -2.12. The van der Waals surface area contributed by atoms with Gasteiger partial charge in [0.25, 0.3) is 5.91 Å². The van der Waals surface area contributed by atoms with Crippen LogP contribution in [0.1, 0.15) is 69.4 Å². The molecule has 0 unspecified atom stereocenters. The Morgan fingerprint density at radius 3 is 2.31 bits per heavy atom. The van der Waals surface area contributed by atoms with Crippen molar-refractivity contribution in [3.05, 3.63) is 77.0 Å². The molecule has 160 valence electrons. The molecule has 0 radical (unpaired) electrons. The van der Waals surface area contributed by atoms with Crippen LogP contribution in [0.2, 0.25) is 0 Å². The number of nitrogens with one attached hydrogen (secondary N) is 1. The summed E-state index contributed by atoms with van der Waals surface area (Å²) in [5, 5.41) is 2.82. The van der Waals surface area contributed by atoms with Crippen LogP contribution in [0.5, 0.6) is 5.75 Å². The Morgan fingerprint density at radius 1 is 0.875 bits per heavy atom. The Morgan fingerprint density at radius 2 is 1.59 bits per heavy atom. The molecular weight excluding hydrogens is 400 g/mol. The predicted octanol–water partition coefficient (Wildman–Crippen LogP) is 5.44. The van der Waals surface area contributed by atoms with Crippen LogP contribution in [0.15, 0.2) is 54.7 Å². The average molecular weight is 425 g/mol. The molecule has 1 heterocycles. The number of aromatic amines is 1. The molecule has 2 saturated carbocycles. The summed E-state index contributed by atoms with van der Waals surface area (Å²) in [4.78, 5) is 28.2. The van der Waals surface area contributed by atoms with Crippen LogP contribution in [0.4, 0.5) is 0 Å². The first kappa shape index (κ1) is 19.1. The molecule has 6 rings (SSSR count). The van der Waals surface area contributed by atoms with Gasteiger partial charge in [-0.05, 0) is 77.6 Å². The fourth-order valence-corrected chi connectivity index (χ4v) is 4.54. The normalized spacial score (nSPS) is 15.9. The molecule has 5 heteroatoms. The first-order valence-electron chi connectivity index (χ1n) is 11.2. The highest BCUT2D eigenvalue weighted by molar-refractivity contribution is 6.09. The van der Waals surface area contributed by atoms with Gasteiger partial charge in [0.1, 0.15) is 5.75 Å². The van der Waals surface area contributed by atoms with Crippen molar-refractivity contribution in [2.45, 2.75) is 37.5 Å². The quantitative estimate of drug-likeness (QED) is 0.388. The monoisotopic (exact) mass is 424 g/mol. The van der Waals surface area contributed by atoms with E-state index in [9.17, 15) is 9.59 Å². The number of hydrogen-bond donors (Lipinski definition) is 2. The molecule has 1 amide bonds. The number of primary amides is 1. The van der Waals surface area contributed by atoms with E-state index in [1.54, 1.807) is 18.3 Å². The van der Waals surface area contributed by atoms with Gasteiger partial charge >= 0.3 is 0 Å². The highest BCUT2D eigenvalue weighted by Crippen LogP contribution is 2.42. The van der Waals surface area contributed by atoms with Crippen molar-refractivity contribution in [2.75, 3.05) is 6.61 Å². The number of Topliss-reactive ketones (excluding diaryl/α,β-unsaturated/α-hetero) is 1. The van der Waals surface area contributed by atoms with Crippen LogP contribution >= 0.6 is 0 Å². The molecule has 1 aromatic heterocycles. The third-order valence-corrected chi connectivity index (χ3v) is 6.69. The van der Waals surface area contributed by atoms with Crippen LogP contribution < -0.4 is 10.5 Å². The molecule has 2 fully saturated rings. The summed E-state index contributed by atoms with van der Waals surface area (Å²) >= 11 is 0. The van der Waals surface area contributed by atoms with Gasteiger partial charge in [-0.1, -0.05) is 30.3 Å². The second-order valence-electron chi connectivity index (χ2n) is 9.09. The molecule has 0 spiro atoms. The van der Waals surface area contributed by atoms with Gasteiger partial charge in [-0.25, -0.2) is 0 Å². The lowest BCUT2D eigenvalue weighted by Crippen LogP contribution is -2.16. The Hall–Kier alpha value is -3.60. The van der Waals surface area contributed by atoms with E-state index in [-0.39, 0.29) is 12.4 Å². The molecule has 4 aromatic rings. The van der Waals surface area contributed by atoms with Crippen molar-refractivity contribution in [2.24, 2.45) is 5.73 Å². The molecule has 2 aliphatic rings. The SMILES string of the molecule is NC(=O)c1cc2cc(C3CC3)ccc2cc1OCC(=O)c1c[nH]c2cc(C3CC3)ccc12. The zero-order chi connectivity index (χ0) is 21.8. The van der Waals surface area contributed by atoms with E-state index in [2.05, 4.69) is 29.2 Å². The number of ketones is 1. The molecular formula is C27H24N2O3. The van der Waals surface area contributed by atoms with Crippen molar-refractivity contribution in [3.8, 4) is 5.75 Å². The molecule has 32 heavy (non-hydrogen) atoms. The zero-order valence-electron chi connectivity index (χ0n) is 17.7. The van der Waals surface area contributed by atoms with E-state index < -0.39 is 5.91 Å². The first-order valence-corrected chi connectivity index (χ1v) is 11.2. The number of carbonyl (C=O) groups is 2. The number of H-pyrrole nitrogens is 1. The van der Waals surface area contributed by atoms with Crippen molar-refractivity contribution >= 4 is 33.4 Å². The molecule has 3 aromatic carbocycles. The number of amides is 1. The number of rotatable bonds is 7. The minimum atomic E-state index is -0.564. The van der Waals surface area contributed by atoms with Gasteiger partial charge in [0.15, 0.2) is 6.61 Å².